The molecule has 1 atom stereocenters. The number of ether oxygens (including phenoxy) is 1. The largest absolute Gasteiger partial charge is 0.496 e. The van der Waals surface area contributed by atoms with Crippen molar-refractivity contribution in [3.63, 3.8) is 0 Å². The summed E-state index contributed by atoms with van der Waals surface area (Å²) in [5.74, 6) is 0.939. The maximum Gasteiger partial charge on any atom is 0.275 e. The molecule has 2 N–H and O–H groups in total. The Bertz CT molecular complexity index is 908. The Morgan fingerprint density at radius 2 is 1.74 bits per heavy atom. The smallest absolute Gasteiger partial charge is 0.275 e. The SMILES string of the molecule is COc1ccccc1CCNC(=O)C[NH+](C)Cc1ccc2ccccc2c1. The van der Waals surface area contributed by atoms with Crippen molar-refractivity contribution in [1.82, 2.24) is 5.32 Å². The molecule has 0 aliphatic heterocycles. The van der Waals surface area contributed by atoms with Crippen LogP contribution in [0.3, 0.4) is 0 Å². The topological polar surface area (TPSA) is 42.8 Å². The standard InChI is InChI=1S/C23H26N2O2/c1-25(16-18-11-12-19-7-3-4-9-21(19)15-18)17-23(26)24-14-13-20-8-5-6-10-22(20)27-2/h3-12,15H,13-14,16-17H2,1-2H3,(H,24,26)/p+1. The molecule has 3 aromatic carbocycles. The fraction of sp³-hybridized carbons (Fsp3) is 0.261. The van der Waals surface area contributed by atoms with Gasteiger partial charge in [0.1, 0.15) is 12.3 Å². The lowest BCUT2D eigenvalue weighted by Crippen LogP contribution is -3.08. The fourth-order valence-electron chi connectivity index (χ4n) is 3.34. The Morgan fingerprint density at radius 1 is 1.00 bits per heavy atom. The third-order valence-electron chi connectivity index (χ3n) is 4.69. The van der Waals surface area contributed by atoms with Gasteiger partial charge in [0.05, 0.1) is 14.2 Å². The summed E-state index contributed by atoms with van der Waals surface area (Å²) < 4.78 is 5.35. The van der Waals surface area contributed by atoms with E-state index in [1.165, 1.54) is 21.2 Å². The van der Waals surface area contributed by atoms with Gasteiger partial charge in [0, 0.05) is 12.1 Å². The zero-order chi connectivity index (χ0) is 19.1. The highest BCUT2D eigenvalue weighted by Crippen LogP contribution is 2.17. The van der Waals surface area contributed by atoms with E-state index in [4.69, 9.17) is 4.74 Å². The van der Waals surface area contributed by atoms with Gasteiger partial charge in [-0.15, -0.1) is 0 Å². The van der Waals surface area contributed by atoms with Crippen molar-refractivity contribution in [3.8, 4) is 5.75 Å². The van der Waals surface area contributed by atoms with Crippen LogP contribution in [0.25, 0.3) is 10.8 Å². The molecular formula is C23H27N2O2+. The molecule has 3 rings (SSSR count). The lowest BCUT2D eigenvalue weighted by Gasteiger charge is -2.15. The van der Waals surface area contributed by atoms with Crippen molar-refractivity contribution in [2.24, 2.45) is 0 Å². The third-order valence-corrected chi connectivity index (χ3v) is 4.69. The summed E-state index contributed by atoms with van der Waals surface area (Å²) in [5.41, 5.74) is 2.35. The molecule has 0 radical (unpaired) electrons. The molecule has 0 saturated carbocycles. The summed E-state index contributed by atoms with van der Waals surface area (Å²) >= 11 is 0. The first-order valence-corrected chi connectivity index (χ1v) is 9.33. The van der Waals surface area contributed by atoms with E-state index in [0.717, 1.165) is 24.3 Å². The molecule has 4 nitrogen and oxygen atoms in total. The molecule has 4 heteroatoms. The number of benzene rings is 3. The highest BCUT2D eigenvalue weighted by molar-refractivity contribution is 5.83. The summed E-state index contributed by atoms with van der Waals surface area (Å²) in [4.78, 5) is 13.4. The molecule has 1 amide bonds. The number of para-hydroxylation sites is 1. The molecule has 0 aliphatic rings. The van der Waals surface area contributed by atoms with Crippen molar-refractivity contribution < 1.29 is 14.4 Å². The van der Waals surface area contributed by atoms with Crippen LogP contribution in [-0.4, -0.2) is 33.2 Å². The number of carbonyl (C=O) groups is 1. The van der Waals surface area contributed by atoms with E-state index in [9.17, 15) is 4.79 Å². The number of carbonyl (C=O) groups excluding carboxylic acids is 1. The summed E-state index contributed by atoms with van der Waals surface area (Å²) in [7, 11) is 3.72. The zero-order valence-electron chi connectivity index (χ0n) is 16.0. The quantitative estimate of drug-likeness (QED) is 0.644. The van der Waals surface area contributed by atoms with Gasteiger partial charge in [0.2, 0.25) is 0 Å². The van der Waals surface area contributed by atoms with E-state index in [1.54, 1.807) is 7.11 Å². The number of methoxy groups -OCH3 is 1. The van der Waals surface area contributed by atoms with Gasteiger partial charge in [0.25, 0.3) is 5.91 Å². The number of fused-ring (bicyclic) bond motifs is 1. The van der Waals surface area contributed by atoms with Gasteiger partial charge in [-0.25, -0.2) is 0 Å². The van der Waals surface area contributed by atoms with Crippen LogP contribution >= 0.6 is 0 Å². The van der Waals surface area contributed by atoms with Crippen LogP contribution in [0.4, 0.5) is 0 Å². The second kappa shape index (κ2) is 9.19. The van der Waals surface area contributed by atoms with Crippen molar-refractivity contribution in [2.45, 2.75) is 13.0 Å². The van der Waals surface area contributed by atoms with E-state index >= 15 is 0 Å². The van der Waals surface area contributed by atoms with Crippen LogP contribution in [0.1, 0.15) is 11.1 Å². The number of rotatable bonds is 8. The average molecular weight is 363 g/mol. The van der Waals surface area contributed by atoms with Crippen LogP contribution in [0.2, 0.25) is 0 Å². The molecule has 0 fully saturated rings. The van der Waals surface area contributed by atoms with Gasteiger partial charge < -0.3 is 15.0 Å². The van der Waals surface area contributed by atoms with Gasteiger partial charge in [0.15, 0.2) is 6.54 Å². The van der Waals surface area contributed by atoms with Gasteiger partial charge in [-0.1, -0.05) is 54.6 Å². The maximum absolute atomic E-state index is 12.2. The summed E-state index contributed by atoms with van der Waals surface area (Å²) in [6, 6.07) is 22.7. The number of quaternary nitrogens is 1. The molecule has 0 aromatic heterocycles. The van der Waals surface area contributed by atoms with E-state index in [-0.39, 0.29) is 5.91 Å². The van der Waals surface area contributed by atoms with Crippen molar-refractivity contribution in [1.29, 1.82) is 0 Å². The Kier molecular flexibility index (Phi) is 6.44. The normalized spacial score (nSPS) is 11.9. The molecule has 0 spiro atoms. The average Bonchev–Trinajstić information content (AvgIpc) is 2.68. The number of hydrogen-bond acceptors (Lipinski definition) is 2. The van der Waals surface area contributed by atoms with Crippen LogP contribution in [0.15, 0.2) is 66.7 Å². The predicted octanol–water partition coefficient (Wildman–Crippen LogP) is 2.22. The Labute approximate surface area is 160 Å². The molecule has 0 heterocycles. The van der Waals surface area contributed by atoms with Gasteiger partial charge in [-0.05, 0) is 34.9 Å². The second-order valence-electron chi connectivity index (χ2n) is 6.90. The Morgan fingerprint density at radius 3 is 2.56 bits per heavy atom. The zero-order valence-corrected chi connectivity index (χ0v) is 16.0. The minimum absolute atomic E-state index is 0.0724. The van der Waals surface area contributed by atoms with E-state index < -0.39 is 0 Å². The van der Waals surface area contributed by atoms with Crippen molar-refractivity contribution in [3.05, 3.63) is 77.9 Å². The Hall–Kier alpha value is -2.85. The summed E-state index contributed by atoms with van der Waals surface area (Å²) in [5, 5.41) is 5.50. The van der Waals surface area contributed by atoms with Gasteiger partial charge in [-0.2, -0.15) is 0 Å². The van der Waals surface area contributed by atoms with Crippen LogP contribution in [0, 0.1) is 0 Å². The minimum atomic E-state index is 0.0724. The van der Waals surface area contributed by atoms with Crippen LogP contribution < -0.4 is 15.0 Å². The molecule has 0 saturated heterocycles. The first-order valence-electron chi connectivity index (χ1n) is 9.33. The van der Waals surface area contributed by atoms with E-state index in [1.807, 2.05) is 24.3 Å². The van der Waals surface area contributed by atoms with Crippen molar-refractivity contribution >= 4 is 16.7 Å². The highest BCUT2D eigenvalue weighted by atomic mass is 16.5. The lowest BCUT2D eigenvalue weighted by molar-refractivity contribution is -0.885. The molecule has 1 unspecified atom stereocenters. The molecule has 3 aromatic rings. The first-order chi connectivity index (χ1) is 13.2. The minimum Gasteiger partial charge on any atom is -0.496 e. The molecule has 140 valence electrons. The van der Waals surface area contributed by atoms with Gasteiger partial charge in [-0.3, -0.25) is 4.79 Å². The molecular weight excluding hydrogens is 336 g/mol. The number of likely N-dealkylation sites (N-methyl/N-ethyl adjacent to an activating group) is 1. The van der Waals surface area contributed by atoms with Crippen LogP contribution in [0.5, 0.6) is 5.75 Å². The monoisotopic (exact) mass is 363 g/mol. The van der Waals surface area contributed by atoms with E-state index in [0.29, 0.717) is 13.1 Å². The highest BCUT2D eigenvalue weighted by Gasteiger charge is 2.11. The summed E-state index contributed by atoms with van der Waals surface area (Å²) in [6.45, 7) is 1.89. The predicted molar refractivity (Wildman–Crippen MR) is 109 cm³/mol. The first kappa shape index (κ1) is 18.9. The molecule has 27 heavy (non-hydrogen) atoms. The Balaban J connectivity index is 1.47. The maximum atomic E-state index is 12.2. The number of nitrogens with one attached hydrogen (secondary N) is 2. The molecule has 0 aliphatic carbocycles. The van der Waals surface area contributed by atoms with E-state index in [2.05, 4.69) is 54.8 Å². The fourth-order valence-corrected chi connectivity index (χ4v) is 3.34. The number of hydrogen-bond donors (Lipinski definition) is 2. The third kappa shape index (κ3) is 5.31. The summed E-state index contributed by atoms with van der Waals surface area (Å²) in [6.07, 6.45) is 0.763. The van der Waals surface area contributed by atoms with Gasteiger partial charge >= 0.3 is 0 Å². The van der Waals surface area contributed by atoms with Crippen molar-refractivity contribution in [2.75, 3.05) is 27.2 Å². The number of amides is 1. The van der Waals surface area contributed by atoms with Crippen LogP contribution in [-0.2, 0) is 17.8 Å². The molecule has 0 bridgehead atoms. The second-order valence-corrected chi connectivity index (χ2v) is 6.90. The lowest BCUT2D eigenvalue weighted by atomic mass is 10.1.